The van der Waals surface area contributed by atoms with E-state index in [1.807, 2.05) is 54.6 Å². The van der Waals surface area contributed by atoms with Gasteiger partial charge in [-0.25, -0.2) is 4.79 Å². The number of carbonyl (C=O) groups excluding carboxylic acids is 1. The van der Waals surface area contributed by atoms with Gasteiger partial charge in [-0.2, -0.15) is 0 Å². The summed E-state index contributed by atoms with van der Waals surface area (Å²) in [6.07, 6.45) is 1.17. The van der Waals surface area contributed by atoms with E-state index in [-0.39, 0.29) is 39.2 Å². The molecule has 2 N–H and O–H groups in total. The molecule has 0 bridgehead atoms. The third kappa shape index (κ3) is 8.59. The minimum atomic E-state index is -1.09. The molecule has 0 aliphatic carbocycles. The van der Waals surface area contributed by atoms with Gasteiger partial charge >= 0.3 is 17.6 Å². The van der Waals surface area contributed by atoms with Gasteiger partial charge in [0.2, 0.25) is 0 Å². The molecule has 10 heteroatoms. The summed E-state index contributed by atoms with van der Waals surface area (Å²) in [5.74, 6) is -1.07. The van der Waals surface area contributed by atoms with Gasteiger partial charge in [-0.3, -0.25) is 23.9 Å². The number of rotatable bonds is 13. The lowest BCUT2D eigenvalue weighted by atomic mass is 10.1. The Bertz CT molecular complexity index is 1250. The smallest absolute Gasteiger partial charge is 0.330 e. The Hall–Kier alpha value is -4.18. The van der Waals surface area contributed by atoms with E-state index in [0.29, 0.717) is 17.9 Å². The van der Waals surface area contributed by atoms with E-state index < -0.39 is 23.2 Å². The fraction of sp³-hybridized carbons (Fsp3) is 0.280. The second-order valence-electron chi connectivity index (χ2n) is 7.63. The molecule has 0 aliphatic rings. The molecule has 184 valence electrons. The second kappa shape index (κ2) is 12.9. The molecule has 0 saturated carbocycles. The molecule has 1 aromatic heterocycles. The van der Waals surface area contributed by atoms with Crippen molar-refractivity contribution in [2.24, 2.45) is 0 Å². The molecule has 10 nitrogen and oxygen atoms in total. The van der Waals surface area contributed by atoms with Crippen molar-refractivity contribution in [3.8, 4) is 5.75 Å². The van der Waals surface area contributed by atoms with Crippen LogP contribution in [-0.4, -0.2) is 39.8 Å². The number of nitrogens with zero attached hydrogens (tertiary/aromatic N) is 1. The van der Waals surface area contributed by atoms with Gasteiger partial charge < -0.3 is 19.3 Å². The van der Waals surface area contributed by atoms with Crippen LogP contribution in [0.4, 0.5) is 0 Å². The Balaban J connectivity index is 1.54. The summed E-state index contributed by atoms with van der Waals surface area (Å²) >= 11 is 0. The summed E-state index contributed by atoms with van der Waals surface area (Å²) in [6, 6.07) is 17.1. The molecule has 0 aliphatic heterocycles. The van der Waals surface area contributed by atoms with Crippen LogP contribution in [0.25, 0.3) is 0 Å². The largest absolute Gasteiger partial charge is 0.489 e. The van der Waals surface area contributed by atoms with E-state index in [4.69, 9.17) is 19.3 Å². The molecular formula is C25H26N2O8. The lowest BCUT2D eigenvalue weighted by Crippen LogP contribution is -2.32. The van der Waals surface area contributed by atoms with Crippen molar-refractivity contribution in [3.63, 3.8) is 0 Å². The minimum Gasteiger partial charge on any atom is -0.489 e. The van der Waals surface area contributed by atoms with E-state index >= 15 is 0 Å². The summed E-state index contributed by atoms with van der Waals surface area (Å²) in [6.45, 7) is 0.178. The van der Waals surface area contributed by atoms with Crippen LogP contribution >= 0.6 is 0 Å². The van der Waals surface area contributed by atoms with Gasteiger partial charge in [0.1, 0.15) is 25.7 Å². The van der Waals surface area contributed by atoms with Crippen LogP contribution in [0.15, 0.2) is 70.4 Å². The van der Waals surface area contributed by atoms with Crippen LogP contribution in [0.5, 0.6) is 5.75 Å². The highest BCUT2D eigenvalue weighted by atomic mass is 16.6. The summed E-state index contributed by atoms with van der Waals surface area (Å²) in [5.41, 5.74) is 1.12. The number of esters is 1. The molecule has 0 amide bonds. The number of aromatic amines is 1. The summed E-state index contributed by atoms with van der Waals surface area (Å²) in [5, 5.41) is 8.54. The Labute approximate surface area is 200 Å². The maximum Gasteiger partial charge on any atom is 0.330 e. The first-order chi connectivity index (χ1) is 16.9. The topological polar surface area (TPSA) is 137 Å². The highest BCUT2D eigenvalue weighted by molar-refractivity contribution is 5.76. The SMILES string of the molecule is O=C(O)CCC(=O)OCCOCn1cc(Cc2cccc(OCc3ccccc3)c2)c(=O)[nH]c1=O. The number of benzene rings is 2. The van der Waals surface area contributed by atoms with Crippen molar-refractivity contribution in [2.75, 3.05) is 13.2 Å². The highest BCUT2D eigenvalue weighted by Crippen LogP contribution is 2.17. The number of aromatic nitrogens is 2. The third-order valence-corrected chi connectivity index (χ3v) is 4.89. The van der Waals surface area contributed by atoms with Gasteiger partial charge in [0.25, 0.3) is 5.56 Å². The second-order valence-corrected chi connectivity index (χ2v) is 7.63. The number of hydrogen-bond donors (Lipinski definition) is 2. The third-order valence-electron chi connectivity index (χ3n) is 4.89. The fourth-order valence-electron chi connectivity index (χ4n) is 3.14. The van der Waals surface area contributed by atoms with E-state index in [0.717, 1.165) is 11.1 Å². The first-order valence-electron chi connectivity index (χ1n) is 10.9. The van der Waals surface area contributed by atoms with Gasteiger partial charge in [0.15, 0.2) is 0 Å². The summed E-state index contributed by atoms with van der Waals surface area (Å²) in [7, 11) is 0. The number of aliphatic carboxylic acids is 1. The average Bonchev–Trinajstić information content (AvgIpc) is 2.84. The summed E-state index contributed by atoms with van der Waals surface area (Å²) in [4.78, 5) is 48.5. The standard InChI is InChI=1S/C25H26N2O8/c28-22(29)9-10-23(30)34-12-11-33-17-27-15-20(24(31)26-25(27)32)13-19-7-4-8-21(14-19)35-16-18-5-2-1-3-6-18/h1-8,14-15H,9-13,16-17H2,(H,28,29)(H,26,31,32). The van der Waals surface area contributed by atoms with Crippen molar-refractivity contribution in [3.05, 3.63) is 98.3 Å². The Morgan fingerprint density at radius 3 is 2.49 bits per heavy atom. The van der Waals surface area contributed by atoms with E-state index in [1.54, 1.807) is 0 Å². The Morgan fingerprint density at radius 2 is 1.71 bits per heavy atom. The lowest BCUT2D eigenvalue weighted by molar-refractivity contribution is -0.149. The van der Waals surface area contributed by atoms with E-state index in [9.17, 15) is 19.2 Å². The number of ether oxygens (including phenoxy) is 3. The molecule has 0 radical (unpaired) electrons. The predicted molar refractivity (Wildman–Crippen MR) is 125 cm³/mol. The molecule has 35 heavy (non-hydrogen) atoms. The number of carboxylic acids is 1. The van der Waals surface area contributed by atoms with Crippen LogP contribution in [0, 0.1) is 0 Å². The zero-order chi connectivity index (χ0) is 25.0. The van der Waals surface area contributed by atoms with E-state index in [1.165, 1.54) is 10.8 Å². The maximum absolute atomic E-state index is 12.3. The fourth-order valence-corrected chi connectivity index (χ4v) is 3.14. The van der Waals surface area contributed by atoms with Crippen LogP contribution in [0.3, 0.4) is 0 Å². The zero-order valence-corrected chi connectivity index (χ0v) is 19.0. The van der Waals surface area contributed by atoms with Crippen LogP contribution in [0.2, 0.25) is 0 Å². The van der Waals surface area contributed by atoms with Gasteiger partial charge in [0.05, 0.1) is 19.4 Å². The first kappa shape index (κ1) is 25.4. The van der Waals surface area contributed by atoms with Crippen molar-refractivity contribution < 1.29 is 28.9 Å². The average molecular weight is 482 g/mol. The molecule has 1 heterocycles. The van der Waals surface area contributed by atoms with E-state index in [2.05, 4.69) is 4.98 Å². The molecule has 0 unspecified atom stereocenters. The van der Waals surface area contributed by atoms with Gasteiger partial charge in [-0.05, 0) is 23.3 Å². The van der Waals surface area contributed by atoms with Crippen molar-refractivity contribution >= 4 is 11.9 Å². The van der Waals surface area contributed by atoms with Crippen molar-refractivity contribution in [1.29, 1.82) is 0 Å². The molecule has 3 aromatic rings. The van der Waals surface area contributed by atoms with Crippen molar-refractivity contribution in [1.82, 2.24) is 9.55 Å². The molecule has 0 saturated heterocycles. The normalized spacial score (nSPS) is 10.6. The van der Waals surface area contributed by atoms with Gasteiger partial charge in [0, 0.05) is 18.2 Å². The van der Waals surface area contributed by atoms with Gasteiger partial charge in [-0.1, -0.05) is 42.5 Å². The van der Waals surface area contributed by atoms with Gasteiger partial charge in [-0.15, -0.1) is 0 Å². The number of hydrogen-bond acceptors (Lipinski definition) is 7. The Kier molecular flexibility index (Phi) is 9.38. The first-order valence-corrected chi connectivity index (χ1v) is 10.9. The number of carboxylic acid groups (broad SMARTS) is 1. The molecule has 0 fully saturated rings. The van der Waals surface area contributed by atoms with Crippen molar-refractivity contribution in [2.45, 2.75) is 32.6 Å². The molecule has 0 spiro atoms. The predicted octanol–water partition coefficient (Wildman–Crippen LogP) is 2.09. The molecular weight excluding hydrogens is 456 g/mol. The molecule has 0 atom stereocenters. The number of nitrogens with one attached hydrogen (secondary N) is 1. The molecule has 3 rings (SSSR count). The number of H-pyrrole nitrogens is 1. The monoisotopic (exact) mass is 482 g/mol. The zero-order valence-electron chi connectivity index (χ0n) is 19.0. The minimum absolute atomic E-state index is 0.000506. The maximum atomic E-state index is 12.3. The molecule has 2 aromatic carbocycles. The highest BCUT2D eigenvalue weighted by Gasteiger charge is 2.09. The lowest BCUT2D eigenvalue weighted by Gasteiger charge is -2.10. The quantitative estimate of drug-likeness (QED) is 0.279. The number of carbonyl (C=O) groups is 2. The van der Waals surface area contributed by atoms with Crippen LogP contribution in [0.1, 0.15) is 29.5 Å². The van der Waals surface area contributed by atoms with Crippen LogP contribution in [-0.2, 0) is 38.8 Å². The van der Waals surface area contributed by atoms with Crippen LogP contribution < -0.4 is 16.0 Å². The summed E-state index contributed by atoms with van der Waals surface area (Å²) < 4.78 is 17.2. The Morgan fingerprint density at radius 1 is 0.943 bits per heavy atom.